The van der Waals surface area contributed by atoms with E-state index >= 15 is 0 Å². The zero-order valence-electron chi connectivity index (χ0n) is 14.0. The van der Waals surface area contributed by atoms with Crippen molar-refractivity contribution in [2.75, 3.05) is 5.32 Å². The van der Waals surface area contributed by atoms with Gasteiger partial charge in [0.15, 0.2) is 6.10 Å². The highest BCUT2D eigenvalue weighted by Gasteiger charge is 2.24. The summed E-state index contributed by atoms with van der Waals surface area (Å²) >= 11 is 5.99. The van der Waals surface area contributed by atoms with Crippen molar-refractivity contribution in [2.24, 2.45) is 0 Å². The Labute approximate surface area is 153 Å². The Bertz CT molecular complexity index is 998. The Morgan fingerprint density at radius 2 is 1.96 bits per heavy atom. The number of anilines is 1. The number of hydrogen-bond acceptors (Lipinski definition) is 4. The number of carbonyl (C=O) groups is 2. The van der Waals surface area contributed by atoms with Crippen LogP contribution in [-0.4, -0.2) is 18.0 Å². The summed E-state index contributed by atoms with van der Waals surface area (Å²) in [6.45, 7) is 3.05. The van der Waals surface area contributed by atoms with Crippen LogP contribution in [0.1, 0.15) is 23.0 Å². The van der Waals surface area contributed by atoms with Gasteiger partial charge in [-0.1, -0.05) is 23.7 Å². The van der Waals surface area contributed by atoms with E-state index in [0.29, 0.717) is 27.2 Å². The predicted molar refractivity (Wildman–Crippen MR) is 95.9 cm³/mol. The number of ether oxygens (including phenoxy) is 1. The van der Waals surface area contributed by atoms with Crippen LogP contribution in [0.2, 0.25) is 5.02 Å². The average Bonchev–Trinajstić information content (AvgIpc) is 2.93. The number of fused-ring (bicyclic) bond motifs is 1. The largest absolute Gasteiger partial charge is 0.449 e. The lowest BCUT2D eigenvalue weighted by atomic mass is 10.1. The number of rotatable bonds is 4. The topological polar surface area (TPSA) is 68.5 Å². The molecule has 1 aromatic heterocycles. The van der Waals surface area contributed by atoms with Crippen LogP contribution in [0.15, 0.2) is 46.9 Å². The maximum absolute atomic E-state index is 13.4. The predicted octanol–water partition coefficient (Wildman–Crippen LogP) is 4.72. The van der Waals surface area contributed by atoms with Crippen molar-refractivity contribution >= 4 is 40.1 Å². The van der Waals surface area contributed by atoms with Gasteiger partial charge in [-0.25, -0.2) is 9.18 Å². The molecule has 0 aliphatic rings. The van der Waals surface area contributed by atoms with E-state index < -0.39 is 23.8 Å². The minimum Gasteiger partial charge on any atom is -0.449 e. The Morgan fingerprint density at radius 1 is 1.23 bits per heavy atom. The number of esters is 1. The molecule has 1 atom stereocenters. The number of halogens is 2. The standard InChI is InChI=1S/C19H15ClFNO4/c1-10-13-9-12(21)7-8-16(13)26-17(10)19(24)25-11(2)18(23)22-15-6-4-3-5-14(15)20/h3-9,11H,1-2H3,(H,22,23)/t11-/m1/s1. The SMILES string of the molecule is Cc1c(C(=O)O[C@H](C)C(=O)Nc2ccccc2Cl)oc2ccc(F)cc12. The molecule has 0 bridgehead atoms. The van der Waals surface area contributed by atoms with Crippen molar-refractivity contribution in [3.05, 3.63) is 64.6 Å². The maximum atomic E-state index is 13.4. The molecular formula is C19H15ClFNO4. The summed E-state index contributed by atoms with van der Waals surface area (Å²) in [4.78, 5) is 24.5. The molecule has 0 aliphatic carbocycles. The molecule has 0 radical (unpaired) electrons. The monoisotopic (exact) mass is 375 g/mol. The Hall–Kier alpha value is -2.86. The number of furan rings is 1. The van der Waals surface area contributed by atoms with Crippen LogP contribution in [0.3, 0.4) is 0 Å². The van der Waals surface area contributed by atoms with E-state index in [1.165, 1.54) is 25.1 Å². The molecule has 3 rings (SSSR count). The molecular weight excluding hydrogens is 361 g/mol. The molecule has 1 amide bonds. The number of carbonyl (C=O) groups excluding carboxylic acids is 2. The molecule has 134 valence electrons. The minimum atomic E-state index is -1.08. The lowest BCUT2D eigenvalue weighted by Gasteiger charge is -2.13. The quantitative estimate of drug-likeness (QED) is 0.670. The van der Waals surface area contributed by atoms with Gasteiger partial charge >= 0.3 is 5.97 Å². The van der Waals surface area contributed by atoms with Crippen molar-refractivity contribution in [1.82, 2.24) is 0 Å². The third kappa shape index (κ3) is 3.55. The van der Waals surface area contributed by atoms with Crippen molar-refractivity contribution in [1.29, 1.82) is 0 Å². The second-order valence-electron chi connectivity index (χ2n) is 5.71. The third-order valence-electron chi connectivity index (χ3n) is 3.87. The van der Waals surface area contributed by atoms with Gasteiger partial charge in [0, 0.05) is 10.9 Å². The number of amides is 1. The second kappa shape index (κ2) is 7.17. The van der Waals surface area contributed by atoms with Crippen LogP contribution in [0.4, 0.5) is 10.1 Å². The number of para-hydroxylation sites is 1. The fourth-order valence-electron chi connectivity index (χ4n) is 2.45. The number of benzene rings is 2. The molecule has 2 aromatic carbocycles. The number of nitrogens with one attached hydrogen (secondary N) is 1. The molecule has 26 heavy (non-hydrogen) atoms. The molecule has 0 unspecified atom stereocenters. The highest BCUT2D eigenvalue weighted by Crippen LogP contribution is 2.27. The molecule has 5 nitrogen and oxygen atoms in total. The molecule has 3 aromatic rings. The van der Waals surface area contributed by atoms with Gasteiger partial charge in [0.25, 0.3) is 5.91 Å². The first-order chi connectivity index (χ1) is 12.4. The molecule has 0 aliphatic heterocycles. The van der Waals surface area contributed by atoms with Crippen LogP contribution in [0, 0.1) is 12.7 Å². The van der Waals surface area contributed by atoms with Gasteiger partial charge in [-0.2, -0.15) is 0 Å². The Morgan fingerprint density at radius 3 is 2.69 bits per heavy atom. The molecule has 0 saturated heterocycles. The lowest BCUT2D eigenvalue weighted by Crippen LogP contribution is -2.30. The fourth-order valence-corrected chi connectivity index (χ4v) is 2.64. The summed E-state index contributed by atoms with van der Waals surface area (Å²) in [6, 6.07) is 10.7. The highest BCUT2D eigenvalue weighted by atomic mass is 35.5. The van der Waals surface area contributed by atoms with E-state index in [9.17, 15) is 14.0 Å². The van der Waals surface area contributed by atoms with Crippen molar-refractivity contribution in [3.63, 3.8) is 0 Å². The Balaban J connectivity index is 1.74. The Kier molecular flexibility index (Phi) is 4.95. The molecule has 7 heteroatoms. The first-order valence-electron chi connectivity index (χ1n) is 7.82. The van der Waals surface area contributed by atoms with E-state index in [1.54, 1.807) is 31.2 Å². The minimum absolute atomic E-state index is 0.0667. The number of hydrogen-bond donors (Lipinski definition) is 1. The maximum Gasteiger partial charge on any atom is 0.375 e. The van der Waals surface area contributed by atoms with E-state index in [0.717, 1.165) is 0 Å². The van der Waals surface area contributed by atoms with E-state index in [2.05, 4.69) is 5.32 Å². The lowest BCUT2D eigenvalue weighted by molar-refractivity contribution is -0.123. The molecule has 0 fully saturated rings. The van der Waals surface area contributed by atoms with Gasteiger partial charge in [-0.05, 0) is 44.2 Å². The van der Waals surface area contributed by atoms with E-state index in [-0.39, 0.29) is 5.76 Å². The zero-order valence-corrected chi connectivity index (χ0v) is 14.8. The van der Waals surface area contributed by atoms with Gasteiger partial charge in [0.2, 0.25) is 5.76 Å². The van der Waals surface area contributed by atoms with Gasteiger partial charge in [-0.15, -0.1) is 0 Å². The van der Waals surface area contributed by atoms with Gasteiger partial charge in [0.1, 0.15) is 11.4 Å². The first-order valence-corrected chi connectivity index (χ1v) is 8.19. The smallest absolute Gasteiger partial charge is 0.375 e. The summed E-state index contributed by atoms with van der Waals surface area (Å²) in [7, 11) is 0. The second-order valence-corrected chi connectivity index (χ2v) is 6.12. The van der Waals surface area contributed by atoms with Gasteiger partial charge in [-0.3, -0.25) is 4.79 Å². The van der Waals surface area contributed by atoms with Gasteiger partial charge < -0.3 is 14.5 Å². The van der Waals surface area contributed by atoms with Crippen molar-refractivity contribution in [3.8, 4) is 0 Å². The van der Waals surface area contributed by atoms with Crippen molar-refractivity contribution < 1.29 is 23.1 Å². The van der Waals surface area contributed by atoms with Crippen LogP contribution in [-0.2, 0) is 9.53 Å². The van der Waals surface area contributed by atoms with Crippen LogP contribution in [0.25, 0.3) is 11.0 Å². The highest BCUT2D eigenvalue weighted by molar-refractivity contribution is 6.33. The molecule has 1 N–H and O–H groups in total. The third-order valence-corrected chi connectivity index (χ3v) is 4.20. The number of aryl methyl sites for hydroxylation is 1. The average molecular weight is 376 g/mol. The zero-order chi connectivity index (χ0) is 18.8. The summed E-state index contributed by atoms with van der Waals surface area (Å²) in [5.74, 6) is -1.84. The van der Waals surface area contributed by atoms with E-state index in [1.807, 2.05) is 0 Å². The van der Waals surface area contributed by atoms with E-state index in [4.69, 9.17) is 20.8 Å². The fraction of sp³-hybridized carbons (Fsp3) is 0.158. The summed E-state index contributed by atoms with van der Waals surface area (Å²) in [5.41, 5.74) is 1.23. The first kappa shape index (κ1) is 17.9. The summed E-state index contributed by atoms with van der Waals surface area (Å²) in [5, 5.41) is 3.43. The molecule has 0 spiro atoms. The molecule has 1 heterocycles. The van der Waals surface area contributed by atoms with Crippen LogP contribution < -0.4 is 5.32 Å². The van der Waals surface area contributed by atoms with Crippen molar-refractivity contribution in [2.45, 2.75) is 20.0 Å². The summed E-state index contributed by atoms with van der Waals surface area (Å²) < 4.78 is 24.0. The molecule has 0 saturated carbocycles. The normalized spacial score (nSPS) is 12.0. The van der Waals surface area contributed by atoms with Gasteiger partial charge in [0.05, 0.1) is 10.7 Å². The van der Waals surface area contributed by atoms with Crippen LogP contribution in [0.5, 0.6) is 0 Å². The van der Waals surface area contributed by atoms with Crippen LogP contribution >= 0.6 is 11.6 Å². The summed E-state index contributed by atoms with van der Waals surface area (Å²) in [6.07, 6.45) is -1.08.